The third-order valence-corrected chi connectivity index (χ3v) is 4.11. The maximum atomic E-state index is 12.3. The molecular formula is C21H21N5O2. The number of anilines is 4. The second-order valence-electron chi connectivity index (χ2n) is 6.23. The van der Waals surface area contributed by atoms with Crippen LogP contribution < -0.4 is 21.3 Å². The molecular weight excluding hydrogens is 354 g/mol. The lowest BCUT2D eigenvalue weighted by atomic mass is 10.2. The summed E-state index contributed by atoms with van der Waals surface area (Å²) >= 11 is 0. The van der Waals surface area contributed by atoms with Crippen LogP contribution in [0.25, 0.3) is 0 Å². The fourth-order valence-corrected chi connectivity index (χ4v) is 2.60. The number of aromatic nitrogens is 1. The molecule has 2 amide bonds. The number of nitrogens with zero attached hydrogens (tertiary/aromatic N) is 2. The van der Waals surface area contributed by atoms with Crippen LogP contribution in [0.2, 0.25) is 0 Å². The number of likely N-dealkylation sites (N-methyl/N-ethyl adjacent to an activating group) is 1. The van der Waals surface area contributed by atoms with Crippen molar-refractivity contribution in [2.75, 3.05) is 34.9 Å². The third kappa shape index (κ3) is 4.85. The molecule has 7 nitrogen and oxygen atoms in total. The van der Waals surface area contributed by atoms with Crippen molar-refractivity contribution in [3.05, 3.63) is 78.6 Å². The molecule has 142 valence electrons. The van der Waals surface area contributed by atoms with E-state index in [1.54, 1.807) is 65.8 Å². The summed E-state index contributed by atoms with van der Waals surface area (Å²) in [6, 6.07) is 17.4. The van der Waals surface area contributed by atoms with Gasteiger partial charge in [-0.2, -0.15) is 0 Å². The summed E-state index contributed by atoms with van der Waals surface area (Å²) < 4.78 is 0. The zero-order valence-electron chi connectivity index (χ0n) is 15.4. The van der Waals surface area contributed by atoms with E-state index in [0.717, 1.165) is 5.69 Å². The van der Waals surface area contributed by atoms with Crippen LogP contribution in [0.3, 0.4) is 0 Å². The Labute approximate surface area is 163 Å². The number of carbonyl (C=O) groups is 2. The van der Waals surface area contributed by atoms with Crippen molar-refractivity contribution in [3.63, 3.8) is 0 Å². The quantitative estimate of drug-likeness (QED) is 0.575. The summed E-state index contributed by atoms with van der Waals surface area (Å²) in [7, 11) is 1.82. The van der Waals surface area contributed by atoms with Gasteiger partial charge in [0.2, 0.25) is 5.91 Å². The van der Waals surface area contributed by atoms with Gasteiger partial charge in [0.1, 0.15) is 0 Å². The van der Waals surface area contributed by atoms with Gasteiger partial charge in [0.05, 0.1) is 29.8 Å². The highest BCUT2D eigenvalue weighted by Gasteiger charge is 2.10. The molecule has 0 atom stereocenters. The largest absolute Gasteiger partial charge is 0.397 e. The van der Waals surface area contributed by atoms with Crippen molar-refractivity contribution in [1.82, 2.24) is 4.98 Å². The minimum atomic E-state index is -0.271. The maximum absolute atomic E-state index is 12.3. The van der Waals surface area contributed by atoms with Crippen LogP contribution in [0.5, 0.6) is 0 Å². The minimum absolute atomic E-state index is 0.166. The second-order valence-corrected chi connectivity index (χ2v) is 6.23. The highest BCUT2D eigenvalue weighted by atomic mass is 16.2. The van der Waals surface area contributed by atoms with Gasteiger partial charge < -0.3 is 21.3 Å². The molecule has 0 radical (unpaired) electrons. The first-order chi connectivity index (χ1) is 13.5. The number of hydrogen-bond donors (Lipinski definition) is 3. The van der Waals surface area contributed by atoms with E-state index in [9.17, 15) is 9.59 Å². The van der Waals surface area contributed by atoms with E-state index in [-0.39, 0.29) is 18.4 Å². The summed E-state index contributed by atoms with van der Waals surface area (Å²) in [5, 5.41) is 5.58. The Morgan fingerprint density at radius 1 is 1.00 bits per heavy atom. The molecule has 3 aromatic rings. The lowest BCUT2D eigenvalue weighted by molar-refractivity contribution is -0.114. The van der Waals surface area contributed by atoms with Gasteiger partial charge in [-0.15, -0.1) is 0 Å². The zero-order chi connectivity index (χ0) is 19.9. The molecule has 0 bridgehead atoms. The van der Waals surface area contributed by atoms with E-state index < -0.39 is 0 Å². The van der Waals surface area contributed by atoms with Crippen LogP contribution in [-0.2, 0) is 4.79 Å². The van der Waals surface area contributed by atoms with Gasteiger partial charge in [-0.05, 0) is 48.5 Å². The van der Waals surface area contributed by atoms with Gasteiger partial charge in [0.15, 0.2) is 0 Å². The number of nitrogen functional groups attached to an aromatic ring is 1. The predicted molar refractivity (Wildman–Crippen MR) is 111 cm³/mol. The number of carbonyl (C=O) groups excluding carboxylic acids is 2. The Kier molecular flexibility index (Phi) is 5.86. The first-order valence-electron chi connectivity index (χ1n) is 8.70. The summed E-state index contributed by atoms with van der Waals surface area (Å²) in [5.74, 6) is -0.437. The Morgan fingerprint density at radius 3 is 2.43 bits per heavy atom. The number of nitrogens with one attached hydrogen (secondary N) is 2. The molecule has 2 aromatic carbocycles. The van der Waals surface area contributed by atoms with Crippen molar-refractivity contribution in [3.8, 4) is 0 Å². The number of pyridine rings is 1. The molecule has 0 saturated carbocycles. The summed E-state index contributed by atoms with van der Waals surface area (Å²) in [4.78, 5) is 30.4. The Morgan fingerprint density at radius 2 is 1.75 bits per heavy atom. The molecule has 1 heterocycles. The van der Waals surface area contributed by atoms with Crippen molar-refractivity contribution in [2.24, 2.45) is 0 Å². The maximum Gasteiger partial charge on any atom is 0.255 e. The first kappa shape index (κ1) is 18.9. The summed E-state index contributed by atoms with van der Waals surface area (Å²) in [6.45, 7) is 0.182. The van der Waals surface area contributed by atoms with Gasteiger partial charge in [0.25, 0.3) is 5.91 Å². The van der Waals surface area contributed by atoms with E-state index >= 15 is 0 Å². The van der Waals surface area contributed by atoms with E-state index in [0.29, 0.717) is 22.6 Å². The molecule has 1 aromatic heterocycles. The van der Waals surface area contributed by atoms with E-state index in [2.05, 4.69) is 15.6 Å². The number of rotatable bonds is 6. The molecule has 0 fully saturated rings. The summed E-state index contributed by atoms with van der Waals surface area (Å²) in [5.41, 5.74) is 8.82. The Hall–Kier alpha value is -3.87. The minimum Gasteiger partial charge on any atom is -0.397 e. The molecule has 0 aliphatic rings. The number of amides is 2. The van der Waals surface area contributed by atoms with Crippen LogP contribution >= 0.6 is 0 Å². The van der Waals surface area contributed by atoms with E-state index in [1.807, 2.05) is 19.2 Å². The topological polar surface area (TPSA) is 100 Å². The van der Waals surface area contributed by atoms with Crippen LogP contribution in [0.1, 0.15) is 10.4 Å². The van der Waals surface area contributed by atoms with Crippen molar-refractivity contribution >= 4 is 34.6 Å². The number of hydrogen-bond acceptors (Lipinski definition) is 5. The van der Waals surface area contributed by atoms with Gasteiger partial charge >= 0.3 is 0 Å². The van der Waals surface area contributed by atoms with Crippen molar-refractivity contribution < 1.29 is 9.59 Å². The fraction of sp³-hybridized carbons (Fsp3) is 0.0952. The average molecular weight is 375 g/mol. The van der Waals surface area contributed by atoms with Crippen LogP contribution in [0, 0.1) is 0 Å². The average Bonchev–Trinajstić information content (AvgIpc) is 2.71. The zero-order valence-corrected chi connectivity index (χ0v) is 15.4. The highest BCUT2D eigenvalue weighted by Crippen LogP contribution is 2.18. The van der Waals surface area contributed by atoms with Gasteiger partial charge in [-0.25, -0.2) is 0 Å². The molecule has 0 aliphatic heterocycles. The highest BCUT2D eigenvalue weighted by molar-refractivity contribution is 6.06. The van der Waals surface area contributed by atoms with Gasteiger partial charge in [-0.3, -0.25) is 14.6 Å². The van der Waals surface area contributed by atoms with Crippen molar-refractivity contribution in [2.45, 2.75) is 0 Å². The molecule has 0 saturated heterocycles. The normalized spacial score (nSPS) is 10.2. The van der Waals surface area contributed by atoms with Gasteiger partial charge in [0, 0.05) is 24.5 Å². The predicted octanol–water partition coefficient (Wildman–Crippen LogP) is 2.99. The molecule has 3 rings (SSSR count). The SMILES string of the molecule is CN(CC(=O)Nc1ccc(C(=O)Nc2ccccc2N)cc1)c1cccnc1. The second kappa shape index (κ2) is 8.68. The van der Waals surface area contributed by atoms with Crippen molar-refractivity contribution in [1.29, 1.82) is 0 Å². The van der Waals surface area contributed by atoms with Crippen LogP contribution in [-0.4, -0.2) is 30.4 Å². The lowest BCUT2D eigenvalue weighted by Gasteiger charge is -2.18. The van der Waals surface area contributed by atoms with E-state index in [1.165, 1.54) is 0 Å². The van der Waals surface area contributed by atoms with Crippen LogP contribution in [0.4, 0.5) is 22.7 Å². The number of nitrogens with two attached hydrogens (primary N) is 1. The smallest absolute Gasteiger partial charge is 0.255 e. The fourth-order valence-electron chi connectivity index (χ4n) is 2.60. The molecule has 7 heteroatoms. The Balaban J connectivity index is 1.57. The standard InChI is InChI=1S/C21H21N5O2/c1-26(17-5-4-12-23-13-17)14-20(27)24-16-10-8-15(9-11-16)21(28)25-19-7-3-2-6-18(19)22/h2-13H,14,22H2,1H3,(H,24,27)(H,25,28). The number of benzene rings is 2. The number of para-hydroxylation sites is 2. The molecule has 0 aliphatic carbocycles. The molecule has 0 spiro atoms. The third-order valence-electron chi connectivity index (χ3n) is 4.11. The monoisotopic (exact) mass is 375 g/mol. The lowest BCUT2D eigenvalue weighted by Crippen LogP contribution is -2.30. The molecule has 28 heavy (non-hydrogen) atoms. The first-order valence-corrected chi connectivity index (χ1v) is 8.70. The Bertz CT molecular complexity index is 958. The van der Waals surface area contributed by atoms with E-state index in [4.69, 9.17) is 5.73 Å². The van der Waals surface area contributed by atoms with Crippen LogP contribution in [0.15, 0.2) is 73.1 Å². The van der Waals surface area contributed by atoms with Gasteiger partial charge in [-0.1, -0.05) is 12.1 Å². The molecule has 0 unspecified atom stereocenters. The summed E-state index contributed by atoms with van der Waals surface area (Å²) in [6.07, 6.45) is 3.38. The molecule has 4 N–H and O–H groups in total.